The van der Waals surface area contributed by atoms with Crippen molar-refractivity contribution in [2.24, 2.45) is 7.05 Å². The number of carbonyl (C=O) groups is 1. The number of aromatic nitrogens is 2. The third kappa shape index (κ3) is 2.78. The molecule has 2 aromatic rings. The summed E-state index contributed by atoms with van der Waals surface area (Å²) in [6.07, 6.45) is -0.876. The van der Waals surface area contributed by atoms with Crippen LogP contribution in [-0.2, 0) is 18.3 Å². The monoisotopic (exact) mass is 266 g/mol. The molecule has 2 rings (SSSR count). The van der Waals surface area contributed by atoms with Crippen molar-refractivity contribution in [3.05, 3.63) is 42.1 Å². The zero-order valence-corrected chi connectivity index (χ0v) is 10.2. The minimum Gasteiger partial charge on any atom is -0.477 e. The Morgan fingerprint density at radius 3 is 2.58 bits per heavy atom. The molecule has 1 N–H and O–H groups in total. The van der Waals surface area contributed by atoms with E-state index >= 15 is 0 Å². The van der Waals surface area contributed by atoms with E-state index in [1.807, 2.05) is 18.2 Å². The van der Waals surface area contributed by atoms with E-state index < -0.39 is 18.3 Å². The maximum absolute atomic E-state index is 13.2. The number of hydrogen-bond donors (Lipinski definition) is 1. The number of nitrogens with zero attached hydrogens (tertiary/aromatic N) is 2. The average molecular weight is 266 g/mol. The Morgan fingerprint density at radius 1 is 1.37 bits per heavy atom. The first kappa shape index (κ1) is 13.2. The number of halogens is 2. The number of carboxylic acid groups (broad SMARTS) is 1. The molecule has 0 atom stereocenters. The predicted octanol–water partition coefficient (Wildman–Crippen LogP) is 2.35. The fraction of sp³-hybridized carbons (Fsp3) is 0.231. The van der Waals surface area contributed by atoms with Gasteiger partial charge >= 0.3 is 11.9 Å². The van der Waals surface area contributed by atoms with Gasteiger partial charge in [-0.2, -0.15) is 13.9 Å². The summed E-state index contributed by atoms with van der Waals surface area (Å²) in [6, 6.07) is 10.6. The van der Waals surface area contributed by atoms with Crippen LogP contribution in [0, 0.1) is 0 Å². The lowest BCUT2D eigenvalue weighted by Crippen LogP contribution is -2.31. The van der Waals surface area contributed by atoms with E-state index in [0.29, 0.717) is 5.69 Å². The van der Waals surface area contributed by atoms with Crippen LogP contribution in [0.2, 0.25) is 0 Å². The Labute approximate surface area is 108 Å². The zero-order valence-electron chi connectivity index (χ0n) is 10.2. The Kier molecular flexibility index (Phi) is 3.33. The smallest absolute Gasteiger partial charge is 0.374 e. The third-order valence-corrected chi connectivity index (χ3v) is 2.76. The molecule has 0 saturated heterocycles. The average Bonchev–Trinajstić information content (AvgIpc) is 2.71. The number of benzene rings is 1. The van der Waals surface area contributed by atoms with Gasteiger partial charge in [0.05, 0.1) is 12.1 Å². The molecule has 0 aliphatic rings. The number of aryl methyl sites for hydroxylation is 1. The third-order valence-electron chi connectivity index (χ3n) is 2.76. The second-order valence-corrected chi connectivity index (χ2v) is 4.20. The van der Waals surface area contributed by atoms with Gasteiger partial charge in [-0.3, -0.25) is 4.68 Å². The van der Waals surface area contributed by atoms with Crippen molar-refractivity contribution in [1.82, 2.24) is 9.78 Å². The highest BCUT2D eigenvalue weighted by Crippen LogP contribution is 2.24. The summed E-state index contributed by atoms with van der Waals surface area (Å²) in [6.45, 7) is 0. The molecule has 1 aromatic carbocycles. The van der Waals surface area contributed by atoms with Gasteiger partial charge in [0.15, 0.2) is 0 Å². The summed E-state index contributed by atoms with van der Waals surface area (Å²) >= 11 is 0. The minimum absolute atomic E-state index is 0.172. The molecule has 0 bridgehead atoms. The first-order chi connectivity index (χ1) is 8.90. The molecule has 1 heterocycles. The van der Waals surface area contributed by atoms with Crippen LogP contribution in [-0.4, -0.2) is 26.8 Å². The highest BCUT2D eigenvalue weighted by Gasteiger charge is 2.39. The number of hydrogen-bond acceptors (Lipinski definition) is 2. The van der Waals surface area contributed by atoms with Crippen molar-refractivity contribution >= 4 is 5.97 Å². The SMILES string of the molecule is Cn1nc(-c2ccccc2)cc1CC(F)(F)C(=O)O. The molecule has 0 spiro atoms. The summed E-state index contributed by atoms with van der Waals surface area (Å²) < 4.78 is 27.6. The van der Waals surface area contributed by atoms with E-state index in [-0.39, 0.29) is 5.69 Å². The van der Waals surface area contributed by atoms with Crippen molar-refractivity contribution in [1.29, 1.82) is 0 Å². The summed E-state index contributed by atoms with van der Waals surface area (Å²) in [4.78, 5) is 10.4. The molecule has 0 radical (unpaired) electrons. The molecular formula is C13H12F2N2O2. The van der Waals surface area contributed by atoms with E-state index in [1.165, 1.54) is 17.8 Å². The van der Waals surface area contributed by atoms with E-state index in [1.54, 1.807) is 12.1 Å². The second kappa shape index (κ2) is 4.79. The van der Waals surface area contributed by atoms with Crippen molar-refractivity contribution in [2.75, 3.05) is 0 Å². The maximum Gasteiger partial charge on any atom is 0.374 e. The molecule has 19 heavy (non-hydrogen) atoms. The number of carboxylic acids is 1. The maximum atomic E-state index is 13.2. The van der Waals surface area contributed by atoms with Gasteiger partial charge in [-0.25, -0.2) is 4.79 Å². The Morgan fingerprint density at radius 2 is 2.00 bits per heavy atom. The van der Waals surface area contributed by atoms with E-state index in [9.17, 15) is 13.6 Å². The van der Waals surface area contributed by atoms with Crippen LogP contribution in [0.15, 0.2) is 36.4 Å². The normalized spacial score (nSPS) is 11.5. The summed E-state index contributed by atoms with van der Waals surface area (Å²) in [5, 5.41) is 12.6. The van der Waals surface area contributed by atoms with Crippen LogP contribution in [0.25, 0.3) is 11.3 Å². The molecule has 0 amide bonds. The molecule has 6 heteroatoms. The van der Waals surface area contributed by atoms with E-state index in [2.05, 4.69) is 5.10 Å². The van der Waals surface area contributed by atoms with Crippen LogP contribution in [0.5, 0.6) is 0 Å². The Balaban J connectivity index is 2.30. The fourth-order valence-corrected chi connectivity index (χ4v) is 1.72. The first-order valence-electron chi connectivity index (χ1n) is 5.60. The largest absolute Gasteiger partial charge is 0.477 e. The van der Waals surface area contributed by atoms with Crippen molar-refractivity contribution in [2.45, 2.75) is 12.3 Å². The molecule has 0 saturated carbocycles. The lowest BCUT2D eigenvalue weighted by molar-refractivity contribution is -0.164. The predicted molar refractivity (Wildman–Crippen MR) is 64.9 cm³/mol. The van der Waals surface area contributed by atoms with Crippen LogP contribution in [0.4, 0.5) is 8.78 Å². The van der Waals surface area contributed by atoms with Gasteiger partial charge < -0.3 is 5.11 Å². The lowest BCUT2D eigenvalue weighted by atomic mass is 10.1. The highest BCUT2D eigenvalue weighted by atomic mass is 19.3. The number of rotatable bonds is 4. The summed E-state index contributed by atoms with van der Waals surface area (Å²) in [5.41, 5.74) is 1.51. The van der Waals surface area contributed by atoms with Gasteiger partial charge in [0, 0.05) is 18.3 Å². The lowest BCUT2D eigenvalue weighted by Gasteiger charge is -2.10. The molecule has 0 unspecified atom stereocenters. The van der Waals surface area contributed by atoms with Gasteiger partial charge in [-0.1, -0.05) is 30.3 Å². The van der Waals surface area contributed by atoms with Crippen molar-refractivity contribution < 1.29 is 18.7 Å². The van der Waals surface area contributed by atoms with Crippen molar-refractivity contribution in [3.63, 3.8) is 0 Å². The van der Waals surface area contributed by atoms with Crippen LogP contribution in [0.1, 0.15) is 5.69 Å². The molecule has 0 aliphatic carbocycles. The van der Waals surface area contributed by atoms with Gasteiger partial charge in [0.25, 0.3) is 0 Å². The zero-order chi connectivity index (χ0) is 14.0. The van der Waals surface area contributed by atoms with Gasteiger partial charge in [0.1, 0.15) is 0 Å². The quantitative estimate of drug-likeness (QED) is 0.924. The summed E-state index contributed by atoms with van der Waals surface area (Å²) in [5.74, 6) is -5.92. The summed E-state index contributed by atoms with van der Waals surface area (Å²) in [7, 11) is 1.51. The number of alkyl halides is 2. The molecular weight excluding hydrogens is 254 g/mol. The van der Waals surface area contributed by atoms with Crippen molar-refractivity contribution in [3.8, 4) is 11.3 Å². The molecule has 0 aliphatic heterocycles. The molecule has 4 nitrogen and oxygen atoms in total. The molecule has 1 aromatic heterocycles. The number of aliphatic carboxylic acids is 1. The van der Waals surface area contributed by atoms with E-state index in [4.69, 9.17) is 5.11 Å². The Bertz CT molecular complexity index is 594. The minimum atomic E-state index is -3.79. The second-order valence-electron chi connectivity index (χ2n) is 4.20. The molecule has 0 fully saturated rings. The van der Waals surface area contributed by atoms with Gasteiger partial charge in [-0.15, -0.1) is 0 Å². The highest BCUT2D eigenvalue weighted by molar-refractivity contribution is 5.75. The van der Waals surface area contributed by atoms with Crippen LogP contribution < -0.4 is 0 Å². The van der Waals surface area contributed by atoms with Gasteiger partial charge in [0.2, 0.25) is 0 Å². The van der Waals surface area contributed by atoms with Crippen LogP contribution >= 0.6 is 0 Å². The first-order valence-corrected chi connectivity index (χ1v) is 5.60. The topological polar surface area (TPSA) is 55.1 Å². The van der Waals surface area contributed by atoms with E-state index in [0.717, 1.165) is 5.56 Å². The van der Waals surface area contributed by atoms with Gasteiger partial charge in [-0.05, 0) is 6.07 Å². The van der Waals surface area contributed by atoms with Crippen LogP contribution in [0.3, 0.4) is 0 Å². The Hall–Kier alpha value is -2.24. The molecule has 100 valence electrons. The fourth-order valence-electron chi connectivity index (χ4n) is 1.72. The standard InChI is InChI=1S/C13H12F2N2O2/c1-17-10(8-13(14,15)12(18)19)7-11(16-17)9-5-3-2-4-6-9/h2-7H,8H2,1H3,(H,18,19).